The lowest BCUT2D eigenvalue weighted by molar-refractivity contribution is 0.240. The van der Waals surface area contributed by atoms with Crippen molar-refractivity contribution in [2.75, 3.05) is 13.7 Å². The third kappa shape index (κ3) is 4.01. The number of pyridine rings is 1. The average molecular weight is 389 g/mol. The molecule has 27 heavy (non-hydrogen) atoms. The fourth-order valence-electron chi connectivity index (χ4n) is 4.16. The molecule has 6 nitrogen and oxygen atoms in total. The lowest BCUT2D eigenvalue weighted by Crippen LogP contribution is -2.36. The number of fused-ring (bicyclic) bond motifs is 1. The van der Waals surface area contributed by atoms with Gasteiger partial charge in [-0.15, -0.1) is 0 Å². The molecule has 0 spiro atoms. The summed E-state index contributed by atoms with van der Waals surface area (Å²) in [5.74, 6) is 1.75. The zero-order chi connectivity index (χ0) is 18.8. The Kier molecular flexibility index (Phi) is 5.45. The van der Waals surface area contributed by atoms with Crippen LogP contribution in [0, 0.1) is 0 Å². The minimum atomic E-state index is 0.0242. The van der Waals surface area contributed by atoms with Crippen molar-refractivity contribution in [1.29, 1.82) is 0 Å². The molecule has 0 amide bonds. The van der Waals surface area contributed by atoms with Gasteiger partial charge in [0.2, 0.25) is 5.88 Å². The van der Waals surface area contributed by atoms with Gasteiger partial charge < -0.3 is 9.72 Å². The molecule has 1 fully saturated rings. The highest BCUT2D eigenvalue weighted by Crippen LogP contribution is 2.31. The zero-order valence-corrected chi connectivity index (χ0v) is 16.4. The molecule has 3 heterocycles. The Morgan fingerprint density at radius 1 is 1.33 bits per heavy atom. The summed E-state index contributed by atoms with van der Waals surface area (Å²) < 4.78 is 5.10. The molecule has 1 saturated carbocycles. The predicted octanol–water partition coefficient (Wildman–Crippen LogP) is 3.43. The maximum atomic E-state index is 12.7. The minimum Gasteiger partial charge on any atom is -0.480 e. The second-order valence-electron chi connectivity index (χ2n) is 7.51. The number of aromatic amines is 1. The Balaban J connectivity index is 1.49. The summed E-state index contributed by atoms with van der Waals surface area (Å²) in [5.41, 5.74) is 2.80. The van der Waals surface area contributed by atoms with Gasteiger partial charge in [-0.3, -0.25) is 9.69 Å². The summed E-state index contributed by atoms with van der Waals surface area (Å²) >= 11 is 6.17. The number of H-pyrrole nitrogens is 1. The van der Waals surface area contributed by atoms with Gasteiger partial charge in [-0.25, -0.2) is 9.97 Å². The van der Waals surface area contributed by atoms with Crippen LogP contribution in [0.3, 0.4) is 0 Å². The molecule has 0 aromatic carbocycles. The molecule has 1 aliphatic heterocycles. The Morgan fingerprint density at radius 3 is 2.89 bits per heavy atom. The summed E-state index contributed by atoms with van der Waals surface area (Å²) in [6.07, 6.45) is 8.61. The van der Waals surface area contributed by atoms with E-state index in [-0.39, 0.29) is 5.56 Å². The van der Waals surface area contributed by atoms with Crippen LogP contribution in [0.5, 0.6) is 5.88 Å². The van der Waals surface area contributed by atoms with Crippen molar-refractivity contribution >= 4 is 11.6 Å². The summed E-state index contributed by atoms with van der Waals surface area (Å²) in [4.78, 5) is 27.1. The van der Waals surface area contributed by atoms with Crippen LogP contribution in [0.25, 0.3) is 0 Å². The van der Waals surface area contributed by atoms with Crippen LogP contribution in [0.15, 0.2) is 17.1 Å². The van der Waals surface area contributed by atoms with Gasteiger partial charge in [0.05, 0.1) is 18.4 Å². The van der Waals surface area contributed by atoms with Crippen molar-refractivity contribution in [3.05, 3.63) is 50.3 Å². The molecule has 2 aromatic rings. The van der Waals surface area contributed by atoms with E-state index in [4.69, 9.17) is 21.3 Å². The van der Waals surface area contributed by atoms with E-state index in [9.17, 15) is 4.79 Å². The van der Waals surface area contributed by atoms with Crippen LogP contribution in [-0.4, -0.2) is 33.5 Å². The van der Waals surface area contributed by atoms with E-state index in [1.807, 2.05) is 6.07 Å². The molecule has 1 aliphatic carbocycles. The third-order valence-corrected chi connectivity index (χ3v) is 5.89. The van der Waals surface area contributed by atoms with Crippen LogP contribution in [0.2, 0.25) is 5.02 Å². The molecule has 0 radical (unpaired) electrons. The predicted molar refractivity (Wildman–Crippen MR) is 104 cm³/mol. The van der Waals surface area contributed by atoms with Crippen LogP contribution < -0.4 is 10.3 Å². The fourth-order valence-corrected chi connectivity index (χ4v) is 4.43. The molecule has 7 heteroatoms. The number of hydrogen-bond acceptors (Lipinski definition) is 5. The molecule has 0 saturated heterocycles. The van der Waals surface area contributed by atoms with E-state index in [0.717, 1.165) is 48.5 Å². The SMILES string of the molecule is COc1ncc(CN2CCc3nc(C4CCCCC4)[nH]c(=O)c3C2)cc1Cl. The van der Waals surface area contributed by atoms with Gasteiger partial charge in [0, 0.05) is 38.2 Å². The van der Waals surface area contributed by atoms with E-state index in [1.54, 1.807) is 13.3 Å². The second kappa shape index (κ2) is 7.98. The summed E-state index contributed by atoms with van der Waals surface area (Å²) in [6.45, 7) is 2.17. The number of rotatable bonds is 4. The van der Waals surface area contributed by atoms with Crippen molar-refractivity contribution < 1.29 is 4.74 Å². The largest absolute Gasteiger partial charge is 0.480 e. The summed E-state index contributed by atoms with van der Waals surface area (Å²) in [6, 6.07) is 1.87. The number of ether oxygens (including phenoxy) is 1. The highest BCUT2D eigenvalue weighted by atomic mass is 35.5. The van der Waals surface area contributed by atoms with E-state index >= 15 is 0 Å². The highest BCUT2D eigenvalue weighted by Gasteiger charge is 2.24. The third-order valence-electron chi connectivity index (χ3n) is 5.62. The van der Waals surface area contributed by atoms with E-state index in [0.29, 0.717) is 29.9 Å². The van der Waals surface area contributed by atoms with Gasteiger partial charge in [-0.1, -0.05) is 30.9 Å². The number of nitrogens with one attached hydrogen (secondary N) is 1. The second-order valence-corrected chi connectivity index (χ2v) is 7.91. The van der Waals surface area contributed by atoms with Crippen molar-refractivity contribution in [1.82, 2.24) is 19.9 Å². The fraction of sp³-hybridized carbons (Fsp3) is 0.550. The van der Waals surface area contributed by atoms with Crippen LogP contribution in [-0.2, 0) is 19.5 Å². The van der Waals surface area contributed by atoms with Gasteiger partial charge in [-0.2, -0.15) is 0 Å². The smallest absolute Gasteiger partial charge is 0.255 e. The monoisotopic (exact) mass is 388 g/mol. The molecule has 0 unspecified atom stereocenters. The first kappa shape index (κ1) is 18.4. The summed E-state index contributed by atoms with van der Waals surface area (Å²) in [5, 5.41) is 0.504. The van der Waals surface area contributed by atoms with Crippen molar-refractivity contribution in [2.24, 2.45) is 0 Å². The first-order valence-corrected chi connectivity index (χ1v) is 10.0. The van der Waals surface area contributed by atoms with Crippen molar-refractivity contribution in [3.8, 4) is 5.88 Å². The molecular weight excluding hydrogens is 364 g/mol. The molecule has 144 valence electrons. The number of hydrogen-bond donors (Lipinski definition) is 1. The average Bonchev–Trinajstić information content (AvgIpc) is 2.69. The number of methoxy groups -OCH3 is 1. The van der Waals surface area contributed by atoms with Crippen LogP contribution >= 0.6 is 11.6 Å². The molecule has 4 rings (SSSR count). The Bertz CT molecular complexity index is 877. The molecule has 1 N–H and O–H groups in total. The van der Waals surface area contributed by atoms with E-state index in [2.05, 4.69) is 14.9 Å². The van der Waals surface area contributed by atoms with Gasteiger partial charge in [0.1, 0.15) is 10.8 Å². The number of nitrogens with zero attached hydrogens (tertiary/aromatic N) is 3. The van der Waals surface area contributed by atoms with E-state index in [1.165, 1.54) is 19.3 Å². The Hall–Kier alpha value is -1.92. The Morgan fingerprint density at radius 2 is 2.15 bits per heavy atom. The lowest BCUT2D eigenvalue weighted by Gasteiger charge is -2.29. The van der Waals surface area contributed by atoms with Crippen molar-refractivity contribution in [2.45, 2.75) is 57.5 Å². The number of halogens is 1. The Labute approximate surface area is 163 Å². The van der Waals surface area contributed by atoms with Crippen molar-refractivity contribution in [3.63, 3.8) is 0 Å². The van der Waals surface area contributed by atoms with Gasteiger partial charge in [0.15, 0.2) is 0 Å². The molecule has 2 aromatic heterocycles. The maximum Gasteiger partial charge on any atom is 0.255 e. The van der Waals surface area contributed by atoms with Crippen LogP contribution in [0.4, 0.5) is 0 Å². The highest BCUT2D eigenvalue weighted by molar-refractivity contribution is 6.31. The topological polar surface area (TPSA) is 71.1 Å². The van der Waals surface area contributed by atoms with Crippen LogP contribution in [0.1, 0.15) is 60.7 Å². The van der Waals surface area contributed by atoms with Gasteiger partial charge >= 0.3 is 0 Å². The maximum absolute atomic E-state index is 12.7. The molecule has 2 aliphatic rings. The van der Waals surface area contributed by atoms with Gasteiger partial charge in [-0.05, 0) is 24.5 Å². The quantitative estimate of drug-likeness (QED) is 0.868. The first-order valence-electron chi connectivity index (χ1n) is 9.67. The minimum absolute atomic E-state index is 0.0242. The van der Waals surface area contributed by atoms with Gasteiger partial charge in [0.25, 0.3) is 5.56 Å². The first-order chi connectivity index (χ1) is 13.1. The normalized spacial score (nSPS) is 18.3. The molecular formula is C20H25ClN4O2. The lowest BCUT2D eigenvalue weighted by atomic mass is 9.88. The standard InChI is InChI=1S/C20H25ClN4O2/c1-27-20-16(21)9-13(10-22-20)11-25-8-7-17-15(12-25)19(26)24-18(23-17)14-5-3-2-4-6-14/h9-10,14H,2-8,11-12H2,1H3,(H,23,24,26). The van der Waals surface area contributed by atoms with E-state index < -0.39 is 0 Å². The molecule has 0 atom stereocenters. The number of aromatic nitrogens is 3. The molecule has 0 bridgehead atoms. The zero-order valence-electron chi connectivity index (χ0n) is 15.6. The summed E-state index contributed by atoms with van der Waals surface area (Å²) in [7, 11) is 1.55.